The van der Waals surface area contributed by atoms with Crippen LogP contribution in [0.2, 0.25) is 5.02 Å². The van der Waals surface area contributed by atoms with Crippen molar-refractivity contribution < 1.29 is 13.2 Å². The highest BCUT2D eigenvalue weighted by molar-refractivity contribution is 7.92. The van der Waals surface area contributed by atoms with E-state index in [9.17, 15) is 13.2 Å². The molecule has 0 bridgehead atoms. The van der Waals surface area contributed by atoms with Crippen LogP contribution in [0.1, 0.15) is 20.1 Å². The van der Waals surface area contributed by atoms with Crippen molar-refractivity contribution in [2.45, 2.75) is 19.9 Å². The number of benzene rings is 2. The van der Waals surface area contributed by atoms with Gasteiger partial charge in [-0.05, 0) is 43.2 Å². The third-order valence-corrected chi connectivity index (χ3v) is 6.92. The molecule has 176 valence electrons. The predicted octanol–water partition coefficient (Wildman–Crippen LogP) is 5.44. The number of imidazole rings is 1. The molecule has 0 aliphatic rings. The molecule has 7 nitrogen and oxygen atoms in total. The minimum absolute atomic E-state index is 0.272. The lowest BCUT2D eigenvalue weighted by Crippen LogP contribution is -2.12. The highest BCUT2D eigenvalue weighted by Gasteiger charge is 2.17. The van der Waals surface area contributed by atoms with Crippen LogP contribution in [-0.4, -0.2) is 30.1 Å². The number of aryl methyl sites for hydroxylation is 3. The van der Waals surface area contributed by atoms with E-state index in [0.717, 1.165) is 35.5 Å². The highest BCUT2D eigenvalue weighted by atomic mass is 35.5. The molecule has 10 heteroatoms. The van der Waals surface area contributed by atoms with E-state index in [2.05, 4.69) is 31.7 Å². The van der Waals surface area contributed by atoms with Crippen molar-refractivity contribution in [3.05, 3.63) is 87.3 Å². The quantitative estimate of drug-likeness (QED) is 0.327. The number of sulfonamides is 1. The fraction of sp³-hybridized carbons (Fsp3) is 0.167. The largest absolute Gasteiger partial charge is 0.331 e. The van der Waals surface area contributed by atoms with E-state index in [1.807, 2.05) is 37.4 Å². The van der Waals surface area contributed by atoms with Gasteiger partial charge >= 0.3 is 0 Å². The minimum atomic E-state index is -3.47. The summed E-state index contributed by atoms with van der Waals surface area (Å²) in [5.74, 6) is 0.500. The molecule has 0 spiro atoms. The molecule has 0 radical (unpaired) electrons. The van der Waals surface area contributed by atoms with E-state index in [1.54, 1.807) is 12.3 Å². The highest BCUT2D eigenvalue weighted by Crippen LogP contribution is 2.31. The molecule has 2 aromatic carbocycles. The van der Waals surface area contributed by atoms with Crippen LogP contribution in [0.3, 0.4) is 0 Å². The van der Waals surface area contributed by atoms with Gasteiger partial charge in [-0.3, -0.25) is 9.52 Å². The van der Waals surface area contributed by atoms with Gasteiger partial charge in [0, 0.05) is 40.1 Å². The zero-order valence-electron chi connectivity index (χ0n) is 18.6. The Morgan fingerprint density at radius 2 is 1.85 bits per heavy atom. The molecule has 4 aromatic rings. The fourth-order valence-electron chi connectivity index (χ4n) is 3.57. The number of anilines is 2. The Hall–Kier alpha value is -3.14. The lowest BCUT2D eigenvalue weighted by Gasteiger charge is -2.09. The fourth-order valence-corrected chi connectivity index (χ4v) is 5.26. The summed E-state index contributed by atoms with van der Waals surface area (Å²) in [6.07, 6.45) is 5.63. The lowest BCUT2D eigenvalue weighted by atomic mass is 10.1. The van der Waals surface area contributed by atoms with Crippen LogP contribution in [0.5, 0.6) is 0 Å². The molecule has 4 rings (SSSR count). The first-order valence-corrected chi connectivity index (χ1v) is 13.5. The van der Waals surface area contributed by atoms with E-state index < -0.39 is 10.0 Å². The number of carbonyl (C=O) groups is 1. The second kappa shape index (κ2) is 10.0. The van der Waals surface area contributed by atoms with Crippen molar-refractivity contribution in [2.24, 2.45) is 0 Å². The lowest BCUT2D eigenvalue weighted by molar-refractivity contribution is 0.103. The molecule has 2 N–H and O–H groups in total. The SMILES string of the molecule is Cc1sc(C(=O)Nc2cc(Cl)cc(NS(C)(=O)=O)c2)cc1-c1nccn1CCc1ccccc1. The molecule has 0 saturated heterocycles. The second-order valence-electron chi connectivity index (χ2n) is 7.82. The number of rotatable bonds is 8. The van der Waals surface area contributed by atoms with E-state index in [1.165, 1.54) is 29.0 Å². The van der Waals surface area contributed by atoms with Gasteiger partial charge in [-0.2, -0.15) is 0 Å². The molecule has 0 aliphatic carbocycles. The number of nitrogens with zero attached hydrogens (tertiary/aromatic N) is 2. The Labute approximate surface area is 207 Å². The molecule has 2 heterocycles. The Bertz CT molecular complexity index is 1430. The van der Waals surface area contributed by atoms with Crippen LogP contribution in [0.25, 0.3) is 11.4 Å². The first-order chi connectivity index (χ1) is 16.2. The van der Waals surface area contributed by atoms with Crippen LogP contribution in [0.4, 0.5) is 11.4 Å². The number of aromatic nitrogens is 2. The maximum Gasteiger partial charge on any atom is 0.265 e. The number of hydrogen-bond acceptors (Lipinski definition) is 5. The van der Waals surface area contributed by atoms with Crippen LogP contribution < -0.4 is 10.0 Å². The molecule has 0 unspecified atom stereocenters. The van der Waals surface area contributed by atoms with Gasteiger partial charge in [0.25, 0.3) is 5.91 Å². The molecule has 2 aromatic heterocycles. The summed E-state index contributed by atoms with van der Waals surface area (Å²) >= 11 is 7.47. The predicted molar refractivity (Wildman–Crippen MR) is 138 cm³/mol. The van der Waals surface area contributed by atoms with Gasteiger partial charge in [-0.1, -0.05) is 41.9 Å². The van der Waals surface area contributed by atoms with E-state index in [4.69, 9.17) is 11.6 Å². The molecule has 0 fully saturated rings. The molecule has 0 saturated carbocycles. The van der Waals surface area contributed by atoms with E-state index >= 15 is 0 Å². The van der Waals surface area contributed by atoms with Gasteiger partial charge in [0.1, 0.15) is 5.82 Å². The maximum atomic E-state index is 12.9. The number of carbonyl (C=O) groups excluding carboxylic acids is 1. The maximum absolute atomic E-state index is 12.9. The summed E-state index contributed by atoms with van der Waals surface area (Å²) in [7, 11) is -3.47. The van der Waals surface area contributed by atoms with Gasteiger partial charge in [-0.25, -0.2) is 13.4 Å². The summed E-state index contributed by atoms with van der Waals surface area (Å²) in [5.41, 5.74) is 2.81. The van der Waals surface area contributed by atoms with Crippen molar-refractivity contribution in [2.75, 3.05) is 16.3 Å². The summed E-state index contributed by atoms with van der Waals surface area (Å²) in [6, 6.07) is 16.6. The van der Waals surface area contributed by atoms with Crippen molar-refractivity contribution in [3.8, 4) is 11.4 Å². The summed E-state index contributed by atoms with van der Waals surface area (Å²) in [5, 5.41) is 3.10. The number of thiophene rings is 1. The zero-order valence-corrected chi connectivity index (χ0v) is 21.0. The third kappa shape index (κ3) is 6.05. The summed E-state index contributed by atoms with van der Waals surface area (Å²) < 4.78 is 27.5. The number of hydrogen-bond donors (Lipinski definition) is 2. The molecule has 0 aliphatic heterocycles. The van der Waals surface area contributed by atoms with E-state index in [0.29, 0.717) is 15.6 Å². The normalized spacial score (nSPS) is 11.4. The van der Waals surface area contributed by atoms with Gasteiger partial charge in [0.15, 0.2) is 0 Å². The average Bonchev–Trinajstić information content (AvgIpc) is 3.37. The molecular weight excluding hydrogens is 492 g/mol. The number of nitrogens with one attached hydrogen (secondary N) is 2. The van der Waals surface area contributed by atoms with Crippen molar-refractivity contribution >= 4 is 50.2 Å². The summed E-state index contributed by atoms with van der Waals surface area (Å²) in [4.78, 5) is 19.0. The van der Waals surface area contributed by atoms with Crippen LogP contribution in [0, 0.1) is 6.92 Å². The Morgan fingerprint density at radius 3 is 2.59 bits per heavy atom. The van der Waals surface area contributed by atoms with Gasteiger partial charge in [-0.15, -0.1) is 11.3 Å². The molecular formula is C24H23ClN4O3S2. The van der Waals surface area contributed by atoms with Gasteiger partial charge in [0.05, 0.1) is 16.8 Å². The standard InChI is InChI=1S/C24H23ClN4O3S2/c1-16-21(23-26-9-11-29(23)10-8-17-6-4-3-5-7-17)15-22(33-16)24(30)27-19-12-18(25)13-20(14-19)28-34(2,31)32/h3-7,9,11-15,28H,8,10H2,1-2H3,(H,27,30). The molecule has 1 amide bonds. The van der Waals surface area contributed by atoms with E-state index in [-0.39, 0.29) is 11.6 Å². The van der Waals surface area contributed by atoms with Crippen molar-refractivity contribution in [1.29, 1.82) is 0 Å². The third-order valence-electron chi connectivity index (χ3n) is 5.04. The average molecular weight is 515 g/mol. The minimum Gasteiger partial charge on any atom is -0.331 e. The molecule has 34 heavy (non-hydrogen) atoms. The number of amides is 1. The second-order valence-corrected chi connectivity index (χ2v) is 11.3. The Morgan fingerprint density at radius 1 is 1.12 bits per heavy atom. The van der Waals surface area contributed by atoms with Crippen LogP contribution in [-0.2, 0) is 23.0 Å². The molecule has 0 atom stereocenters. The Kier molecular flexibility index (Phi) is 7.06. The first kappa shape index (κ1) is 24.0. The smallest absolute Gasteiger partial charge is 0.265 e. The first-order valence-electron chi connectivity index (χ1n) is 10.4. The zero-order chi connectivity index (χ0) is 24.3. The monoisotopic (exact) mass is 514 g/mol. The Balaban J connectivity index is 1.52. The van der Waals surface area contributed by atoms with Crippen LogP contribution >= 0.6 is 22.9 Å². The topological polar surface area (TPSA) is 93.1 Å². The number of halogens is 1. The summed E-state index contributed by atoms with van der Waals surface area (Å²) in [6.45, 7) is 2.73. The van der Waals surface area contributed by atoms with Crippen molar-refractivity contribution in [1.82, 2.24) is 9.55 Å². The van der Waals surface area contributed by atoms with Gasteiger partial charge < -0.3 is 9.88 Å². The van der Waals surface area contributed by atoms with Crippen LogP contribution in [0.15, 0.2) is 67.0 Å². The van der Waals surface area contributed by atoms with Gasteiger partial charge in [0.2, 0.25) is 10.0 Å². The van der Waals surface area contributed by atoms with Crippen molar-refractivity contribution in [3.63, 3.8) is 0 Å².